The van der Waals surface area contributed by atoms with Crippen molar-refractivity contribution in [3.05, 3.63) is 6.92 Å². The fourth-order valence-corrected chi connectivity index (χ4v) is 0.777. The highest BCUT2D eigenvalue weighted by Gasteiger charge is 1.91. The van der Waals surface area contributed by atoms with Crippen LogP contribution in [0.15, 0.2) is 0 Å². The lowest BCUT2D eigenvalue weighted by molar-refractivity contribution is 0.840. The Morgan fingerprint density at radius 1 is 1.71 bits per heavy atom. The number of rotatable bonds is 3. The van der Waals surface area contributed by atoms with E-state index in [1.807, 2.05) is 0 Å². The second-order valence-electron chi connectivity index (χ2n) is 1.43. The predicted molar refractivity (Wildman–Crippen MR) is 38.0 cm³/mol. The van der Waals surface area contributed by atoms with Crippen molar-refractivity contribution >= 4 is 27.5 Å². The molecule has 43 valence electrons. The first-order chi connectivity index (χ1) is 3.27. The molecule has 1 atom stereocenters. The van der Waals surface area contributed by atoms with Gasteiger partial charge in [0.25, 0.3) is 0 Å². The topological polar surface area (TPSA) is 0 Å². The van der Waals surface area contributed by atoms with Crippen molar-refractivity contribution in [3.63, 3.8) is 0 Å². The molecular weight excluding hydrogens is 175 g/mol. The molecule has 1 radical (unpaired) electrons. The van der Waals surface area contributed by atoms with Crippen LogP contribution in [0.25, 0.3) is 0 Å². The summed E-state index contributed by atoms with van der Waals surface area (Å²) in [5.74, 6) is 0.748. The Balaban J connectivity index is 2.68. The summed E-state index contributed by atoms with van der Waals surface area (Å²) in [5, 5.41) is 0. The molecule has 0 aromatic carbocycles. The average Bonchev–Trinajstić information content (AvgIpc) is 1.61. The minimum atomic E-state index is 0.381. The van der Waals surface area contributed by atoms with Gasteiger partial charge in [-0.05, 0) is 19.8 Å². The molecule has 0 aromatic heterocycles. The number of hydrogen-bond acceptors (Lipinski definition) is 0. The van der Waals surface area contributed by atoms with Crippen molar-refractivity contribution in [2.24, 2.45) is 0 Å². The first-order valence-electron chi connectivity index (χ1n) is 2.30. The molecule has 0 saturated heterocycles. The van der Waals surface area contributed by atoms with Gasteiger partial charge in [0.2, 0.25) is 0 Å². The minimum absolute atomic E-state index is 0.381. The van der Waals surface area contributed by atoms with Crippen LogP contribution in [0.2, 0.25) is 0 Å². The largest absolute Gasteiger partial charge is 0.127 e. The summed E-state index contributed by atoms with van der Waals surface area (Å²) in [7, 11) is 0. The molecular formula is C5H9BrCl. The Labute approximate surface area is 58.4 Å². The summed E-state index contributed by atoms with van der Waals surface area (Å²) in [6.07, 6.45) is 2.13. The second kappa shape index (κ2) is 4.92. The summed E-state index contributed by atoms with van der Waals surface area (Å²) in [6, 6.07) is 0. The van der Waals surface area contributed by atoms with Crippen LogP contribution in [0.1, 0.15) is 12.8 Å². The van der Waals surface area contributed by atoms with Crippen molar-refractivity contribution in [2.45, 2.75) is 17.7 Å². The van der Waals surface area contributed by atoms with Gasteiger partial charge in [0, 0.05) is 10.7 Å². The Kier molecular flexibility index (Phi) is 5.46. The normalized spacial score (nSPS) is 14.1. The molecule has 0 amide bonds. The standard InChI is InChI=1S/C5H9BrCl/c1-5(6)3-2-4-7/h5H,1-4H2. The van der Waals surface area contributed by atoms with E-state index in [4.69, 9.17) is 11.6 Å². The van der Waals surface area contributed by atoms with E-state index in [1.165, 1.54) is 0 Å². The van der Waals surface area contributed by atoms with E-state index in [1.54, 1.807) is 0 Å². The lowest BCUT2D eigenvalue weighted by atomic mass is 10.3. The fraction of sp³-hybridized carbons (Fsp3) is 0.800. The average molecular weight is 184 g/mol. The molecule has 0 aromatic rings. The molecule has 0 saturated carbocycles. The Morgan fingerprint density at radius 3 is 2.43 bits per heavy atom. The van der Waals surface area contributed by atoms with Crippen LogP contribution in [-0.2, 0) is 0 Å². The zero-order valence-corrected chi connectivity index (χ0v) is 6.50. The van der Waals surface area contributed by atoms with Gasteiger partial charge in [0.15, 0.2) is 0 Å². The van der Waals surface area contributed by atoms with Crippen molar-refractivity contribution < 1.29 is 0 Å². The Hall–Kier alpha value is 0.770. The molecule has 2 heteroatoms. The zero-order chi connectivity index (χ0) is 5.70. The molecule has 7 heavy (non-hydrogen) atoms. The van der Waals surface area contributed by atoms with Gasteiger partial charge in [0.1, 0.15) is 0 Å². The molecule has 0 N–H and O–H groups in total. The van der Waals surface area contributed by atoms with Crippen molar-refractivity contribution in [3.8, 4) is 0 Å². The van der Waals surface area contributed by atoms with Gasteiger partial charge in [-0.2, -0.15) is 0 Å². The van der Waals surface area contributed by atoms with Gasteiger partial charge < -0.3 is 0 Å². The highest BCUT2D eigenvalue weighted by molar-refractivity contribution is 9.09. The van der Waals surface area contributed by atoms with E-state index in [-0.39, 0.29) is 0 Å². The van der Waals surface area contributed by atoms with Crippen LogP contribution >= 0.6 is 27.5 Å². The van der Waals surface area contributed by atoms with E-state index in [0.29, 0.717) is 4.83 Å². The molecule has 0 bridgehead atoms. The summed E-state index contributed by atoms with van der Waals surface area (Å²) in [6.45, 7) is 3.73. The highest BCUT2D eigenvalue weighted by atomic mass is 79.9. The third kappa shape index (κ3) is 6.77. The minimum Gasteiger partial charge on any atom is -0.127 e. The number of alkyl halides is 2. The first kappa shape index (κ1) is 7.77. The van der Waals surface area contributed by atoms with Crippen LogP contribution < -0.4 is 0 Å². The van der Waals surface area contributed by atoms with E-state index in [9.17, 15) is 0 Å². The van der Waals surface area contributed by atoms with Crippen molar-refractivity contribution in [1.29, 1.82) is 0 Å². The van der Waals surface area contributed by atoms with Crippen LogP contribution in [0, 0.1) is 6.92 Å². The Morgan fingerprint density at radius 2 is 2.29 bits per heavy atom. The van der Waals surface area contributed by atoms with Gasteiger partial charge in [-0.3, -0.25) is 0 Å². The van der Waals surface area contributed by atoms with Gasteiger partial charge >= 0.3 is 0 Å². The van der Waals surface area contributed by atoms with Gasteiger partial charge in [-0.1, -0.05) is 15.9 Å². The molecule has 1 unspecified atom stereocenters. The summed E-state index contributed by atoms with van der Waals surface area (Å²) < 4.78 is 0. The van der Waals surface area contributed by atoms with E-state index < -0.39 is 0 Å². The highest BCUT2D eigenvalue weighted by Crippen LogP contribution is 2.05. The van der Waals surface area contributed by atoms with Crippen LogP contribution in [0.3, 0.4) is 0 Å². The zero-order valence-electron chi connectivity index (χ0n) is 4.16. The maximum Gasteiger partial charge on any atom is 0.0223 e. The maximum atomic E-state index is 5.40. The number of hydrogen-bond donors (Lipinski definition) is 0. The van der Waals surface area contributed by atoms with Crippen molar-refractivity contribution in [1.82, 2.24) is 0 Å². The molecule has 0 fully saturated rings. The van der Waals surface area contributed by atoms with Crippen molar-refractivity contribution in [2.75, 3.05) is 5.88 Å². The monoisotopic (exact) mass is 183 g/mol. The van der Waals surface area contributed by atoms with E-state index >= 15 is 0 Å². The summed E-state index contributed by atoms with van der Waals surface area (Å²) >= 11 is 8.70. The Bertz CT molecular complexity index is 37.1. The lowest BCUT2D eigenvalue weighted by Gasteiger charge is -1.95. The third-order valence-corrected chi connectivity index (χ3v) is 1.38. The molecule has 0 aliphatic carbocycles. The van der Waals surface area contributed by atoms with Crippen LogP contribution in [-0.4, -0.2) is 10.7 Å². The van der Waals surface area contributed by atoms with E-state index in [0.717, 1.165) is 18.7 Å². The van der Waals surface area contributed by atoms with Crippen LogP contribution in [0.5, 0.6) is 0 Å². The smallest absolute Gasteiger partial charge is 0.0223 e. The third-order valence-electron chi connectivity index (χ3n) is 0.651. The quantitative estimate of drug-likeness (QED) is 0.592. The SMILES string of the molecule is [CH2]C(Br)CCCCl. The summed E-state index contributed by atoms with van der Waals surface area (Å²) in [5.41, 5.74) is 0. The fourth-order valence-electron chi connectivity index (χ4n) is 0.299. The molecule has 0 spiro atoms. The van der Waals surface area contributed by atoms with Crippen LogP contribution in [0.4, 0.5) is 0 Å². The molecule has 0 nitrogen and oxygen atoms in total. The maximum absolute atomic E-state index is 5.40. The second-order valence-corrected chi connectivity index (χ2v) is 3.10. The molecule has 0 heterocycles. The number of halogens is 2. The van der Waals surface area contributed by atoms with Gasteiger partial charge in [-0.15, -0.1) is 11.6 Å². The van der Waals surface area contributed by atoms with Gasteiger partial charge in [0.05, 0.1) is 0 Å². The molecule has 0 aliphatic heterocycles. The lowest BCUT2D eigenvalue weighted by Crippen LogP contribution is -1.89. The van der Waals surface area contributed by atoms with Gasteiger partial charge in [-0.25, -0.2) is 0 Å². The molecule has 0 rings (SSSR count). The molecule has 0 aliphatic rings. The first-order valence-corrected chi connectivity index (χ1v) is 3.75. The summed E-state index contributed by atoms with van der Waals surface area (Å²) in [4.78, 5) is 0.381. The van der Waals surface area contributed by atoms with E-state index in [2.05, 4.69) is 22.9 Å². The predicted octanol–water partition coefficient (Wildman–Crippen LogP) is 2.60.